The van der Waals surface area contributed by atoms with Gasteiger partial charge in [0.15, 0.2) is 0 Å². The number of unbranched alkanes of at least 4 members (excludes halogenated alkanes) is 12. The maximum Gasteiger partial charge on any atom is -0.0229 e. The van der Waals surface area contributed by atoms with Gasteiger partial charge in [-0.2, -0.15) is 0 Å². The fourth-order valence-electron chi connectivity index (χ4n) is 3.07. The lowest BCUT2D eigenvalue weighted by Gasteiger charge is -2.13. The van der Waals surface area contributed by atoms with Gasteiger partial charge in [-0.1, -0.05) is 108 Å². The maximum absolute atomic E-state index is 2.85. The molecule has 0 fully saturated rings. The number of rotatable bonds is 15. The molecule has 132 valence electrons. The van der Waals surface area contributed by atoms with E-state index in [9.17, 15) is 0 Å². The molecule has 0 spiro atoms. The van der Waals surface area contributed by atoms with Crippen LogP contribution in [0.1, 0.15) is 118 Å². The fraction of sp³-hybridized carbons (Fsp3) is 0.905. The highest BCUT2D eigenvalue weighted by Crippen LogP contribution is 2.24. The molecule has 0 saturated heterocycles. The smallest absolute Gasteiger partial charge is 0.0229 e. The Balaban J connectivity index is 3.23. The third-order valence-electron chi connectivity index (χ3n) is 5.10. The van der Waals surface area contributed by atoms with Gasteiger partial charge in [0.1, 0.15) is 0 Å². The molecule has 0 saturated carbocycles. The third kappa shape index (κ3) is 13.8. The lowest BCUT2D eigenvalue weighted by atomic mass is 9.95. The van der Waals surface area contributed by atoms with E-state index in [-0.39, 0.29) is 0 Å². The van der Waals surface area contributed by atoms with Crippen LogP contribution < -0.4 is 0 Å². The van der Waals surface area contributed by atoms with Crippen molar-refractivity contribution in [2.24, 2.45) is 5.92 Å². The molecule has 0 N–H and O–H groups in total. The second-order valence-corrected chi connectivity index (χ2v) is 8.16. The lowest BCUT2D eigenvalue weighted by Crippen LogP contribution is -1.97. The minimum Gasteiger partial charge on any atom is -0.110 e. The summed E-state index contributed by atoms with van der Waals surface area (Å²) >= 11 is 0. The maximum atomic E-state index is 2.85. The van der Waals surface area contributed by atoms with E-state index in [4.69, 9.17) is 0 Å². The highest BCUT2D eigenvalue weighted by Gasteiger charge is 2.05. The Hall–Kier alpha value is 0.170. The number of hydrogen-bond donors (Lipinski definition) is 0. The molecule has 2 atom stereocenters. The van der Waals surface area contributed by atoms with Gasteiger partial charge < -0.3 is 0 Å². The van der Waals surface area contributed by atoms with Crippen molar-refractivity contribution in [1.82, 2.24) is 0 Å². The van der Waals surface area contributed by atoms with Gasteiger partial charge in [0, 0.05) is 0 Å². The van der Waals surface area contributed by atoms with E-state index in [1.165, 1.54) is 95.2 Å². The van der Waals surface area contributed by atoms with Crippen molar-refractivity contribution >= 4 is 9.24 Å². The average Bonchev–Trinajstić information content (AvgIpc) is 2.50. The molecule has 0 aromatic carbocycles. The molecule has 0 heterocycles. The zero-order chi connectivity index (χ0) is 16.6. The first-order valence-electron chi connectivity index (χ1n) is 10.0. The summed E-state index contributed by atoms with van der Waals surface area (Å²) in [6.07, 6.45) is 20.2. The first kappa shape index (κ1) is 22.2. The fourth-order valence-corrected chi connectivity index (χ4v) is 3.36. The molecule has 1 heteroatoms. The standard InChI is InChI=1S/C21H43P/c1-5-6-7-8-9-10-11-12-13-14-15-16-17-18-19(2)20(3)21(4)22/h19H,5-18,22H2,1-4H3. The van der Waals surface area contributed by atoms with Crippen molar-refractivity contribution < 1.29 is 0 Å². The molecule has 0 amide bonds. The van der Waals surface area contributed by atoms with E-state index >= 15 is 0 Å². The molecule has 0 bridgehead atoms. The predicted molar refractivity (Wildman–Crippen MR) is 108 cm³/mol. The van der Waals surface area contributed by atoms with Crippen LogP contribution in [0.2, 0.25) is 0 Å². The van der Waals surface area contributed by atoms with Crippen molar-refractivity contribution in [2.45, 2.75) is 118 Å². The summed E-state index contributed by atoms with van der Waals surface area (Å²) in [5.74, 6) is 0.769. The van der Waals surface area contributed by atoms with Gasteiger partial charge in [-0.15, -0.1) is 9.24 Å². The predicted octanol–water partition coefficient (Wildman–Crippen LogP) is 8.27. The first-order chi connectivity index (χ1) is 10.6. The van der Waals surface area contributed by atoms with Gasteiger partial charge in [0.05, 0.1) is 0 Å². The molecule has 0 rings (SSSR count). The highest BCUT2D eigenvalue weighted by atomic mass is 31.0. The molecule has 0 aromatic rings. The average molecular weight is 327 g/mol. The Bertz CT molecular complexity index is 263. The van der Waals surface area contributed by atoms with Crippen LogP contribution in [0, 0.1) is 5.92 Å². The minimum absolute atomic E-state index is 0.769. The van der Waals surface area contributed by atoms with Crippen LogP contribution in [-0.2, 0) is 0 Å². The Morgan fingerprint density at radius 2 is 1.05 bits per heavy atom. The van der Waals surface area contributed by atoms with Gasteiger partial charge in [0.25, 0.3) is 0 Å². The number of hydrogen-bond acceptors (Lipinski definition) is 0. The van der Waals surface area contributed by atoms with E-state index < -0.39 is 0 Å². The molecule has 0 radical (unpaired) electrons. The Kier molecular flexibility index (Phi) is 16.2. The van der Waals surface area contributed by atoms with Gasteiger partial charge in [-0.3, -0.25) is 0 Å². The summed E-state index contributed by atoms with van der Waals surface area (Å²) in [6.45, 7) is 9.17. The summed E-state index contributed by atoms with van der Waals surface area (Å²) < 4.78 is 0. The van der Waals surface area contributed by atoms with E-state index in [1.807, 2.05) is 0 Å². The zero-order valence-corrected chi connectivity index (χ0v) is 17.2. The molecule has 0 nitrogen and oxygen atoms in total. The molecule has 22 heavy (non-hydrogen) atoms. The third-order valence-corrected chi connectivity index (χ3v) is 5.56. The van der Waals surface area contributed by atoms with Crippen LogP contribution in [0.25, 0.3) is 0 Å². The Morgan fingerprint density at radius 3 is 1.41 bits per heavy atom. The minimum atomic E-state index is 0.769. The van der Waals surface area contributed by atoms with Crippen molar-refractivity contribution in [2.75, 3.05) is 0 Å². The van der Waals surface area contributed by atoms with Crippen LogP contribution in [0.4, 0.5) is 0 Å². The zero-order valence-electron chi connectivity index (χ0n) is 16.1. The van der Waals surface area contributed by atoms with Crippen molar-refractivity contribution in [3.8, 4) is 0 Å². The second kappa shape index (κ2) is 16.0. The Labute approximate surface area is 144 Å². The molecular formula is C21H43P. The van der Waals surface area contributed by atoms with E-state index in [1.54, 1.807) is 5.57 Å². The SMILES string of the molecule is CCCCCCCCCCCCCCCC(C)C(C)=C(C)P. The normalized spacial score (nSPS) is 14.0. The highest BCUT2D eigenvalue weighted by molar-refractivity contribution is 7.22. The van der Waals surface area contributed by atoms with Gasteiger partial charge in [-0.25, -0.2) is 0 Å². The van der Waals surface area contributed by atoms with Gasteiger partial charge in [0.2, 0.25) is 0 Å². The molecule has 0 aliphatic heterocycles. The molecule has 0 aromatic heterocycles. The van der Waals surface area contributed by atoms with Gasteiger partial charge in [-0.05, 0) is 26.2 Å². The van der Waals surface area contributed by atoms with Crippen molar-refractivity contribution in [1.29, 1.82) is 0 Å². The van der Waals surface area contributed by atoms with Crippen LogP contribution in [0.3, 0.4) is 0 Å². The molecular weight excluding hydrogens is 283 g/mol. The topological polar surface area (TPSA) is 0 Å². The largest absolute Gasteiger partial charge is 0.110 e. The first-order valence-corrected chi connectivity index (χ1v) is 10.6. The van der Waals surface area contributed by atoms with E-state index in [2.05, 4.69) is 36.9 Å². The van der Waals surface area contributed by atoms with E-state index in [0.29, 0.717) is 0 Å². The summed E-state index contributed by atoms with van der Waals surface area (Å²) in [7, 11) is 2.85. The van der Waals surface area contributed by atoms with Crippen molar-refractivity contribution in [3.63, 3.8) is 0 Å². The Morgan fingerprint density at radius 1 is 0.682 bits per heavy atom. The monoisotopic (exact) mass is 326 g/mol. The second-order valence-electron chi connectivity index (χ2n) is 7.30. The van der Waals surface area contributed by atoms with Gasteiger partial charge >= 0.3 is 0 Å². The van der Waals surface area contributed by atoms with Crippen LogP contribution >= 0.6 is 9.24 Å². The van der Waals surface area contributed by atoms with Crippen LogP contribution in [-0.4, -0.2) is 0 Å². The summed E-state index contributed by atoms with van der Waals surface area (Å²) in [5.41, 5.74) is 1.57. The number of allylic oxidation sites excluding steroid dienone is 2. The van der Waals surface area contributed by atoms with Crippen LogP contribution in [0.15, 0.2) is 10.9 Å². The molecule has 2 unspecified atom stereocenters. The van der Waals surface area contributed by atoms with Crippen LogP contribution in [0.5, 0.6) is 0 Å². The summed E-state index contributed by atoms with van der Waals surface area (Å²) in [6, 6.07) is 0. The lowest BCUT2D eigenvalue weighted by molar-refractivity contribution is 0.512. The quantitative estimate of drug-likeness (QED) is 0.210. The molecule has 0 aliphatic rings. The molecule has 0 aliphatic carbocycles. The summed E-state index contributed by atoms with van der Waals surface area (Å²) in [5, 5.41) is 1.43. The van der Waals surface area contributed by atoms with E-state index in [0.717, 1.165) is 5.92 Å². The van der Waals surface area contributed by atoms with Crippen molar-refractivity contribution in [3.05, 3.63) is 10.9 Å². The summed E-state index contributed by atoms with van der Waals surface area (Å²) in [4.78, 5) is 0.